The van der Waals surface area contributed by atoms with Gasteiger partial charge in [0.15, 0.2) is 8.24 Å². The Labute approximate surface area is 114 Å². The molecule has 0 aliphatic carbocycles. The second-order valence-corrected chi connectivity index (χ2v) is 12.6. The molecule has 0 saturated heterocycles. The van der Waals surface area contributed by atoms with Gasteiger partial charge in [0, 0.05) is 6.54 Å². The van der Waals surface area contributed by atoms with E-state index in [-0.39, 0.29) is 11.1 Å². The first-order chi connectivity index (χ1) is 7.83. The first-order valence-electron chi connectivity index (χ1n) is 6.83. The molecule has 0 atom stereocenters. The molecule has 0 aromatic rings. The SMILES string of the molecule is CCCN(C(=O)OC(C)(C)C)[Si](C)(C)C(C)(C)C. The van der Waals surface area contributed by atoms with Gasteiger partial charge in [0.25, 0.3) is 0 Å². The van der Waals surface area contributed by atoms with Gasteiger partial charge in [0.1, 0.15) is 5.60 Å². The fourth-order valence-electron chi connectivity index (χ4n) is 1.54. The van der Waals surface area contributed by atoms with Crippen LogP contribution in [0.25, 0.3) is 0 Å². The van der Waals surface area contributed by atoms with Crippen molar-refractivity contribution >= 4 is 14.3 Å². The van der Waals surface area contributed by atoms with E-state index >= 15 is 0 Å². The molecule has 0 rings (SSSR count). The Morgan fingerprint density at radius 3 is 1.83 bits per heavy atom. The summed E-state index contributed by atoms with van der Waals surface area (Å²) in [5, 5.41) is 0.138. The van der Waals surface area contributed by atoms with E-state index in [0.29, 0.717) is 0 Å². The van der Waals surface area contributed by atoms with Gasteiger partial charge in [-0.2, -0.15) is 0 Å². The van der Waals surface area contributed by atoms with Gasteiger partial charge in [-0.15, -0.1) is 0 Å². The molecular weight excluding hydrogens is 242 g/mol. The molecule has 0 heterocycles. The van der Waals surface area contributed by atoms with E-state index in [1.807, 2.05) is 25.3 Å². The molecule has 0 aliphatic heterocycles. The summed E-state index contributed by atoms with van der Waals surface area (Å²) in [6.07, 6.45) is 0.808. The average Bonchev–Trinajstić information content (AvgIpc) is 2.08. The normalized spacial score (nSPS) is 13.4. The molecule has 0 bridgehead atoms. The van der Waals surface area contributed by atoms with Gasteiger partial charge in [-0.1, -0.05) is 40.8 Å². The molecule has 0 fully saturated rings. The van der Waals surface area contributed by atoms with E-state index in [0.717, 1.165) is 13.0 Å². The maximum absolute atomic E-state index is 12.4. The van der Waals surface area contributed by atoms with Crippen LogP contribution < -0.4 is 0 Å². The summed E-state index contributed by atoms with van der Waals surface area (Å²) in [6.45, 7) is 19.8. The second kappa shape index (κ2) is 5.64. The van der Waals surface area contributed by atoms with Gasteiger partial charge in [0.2, 0.25) is 0 Å². The minimum absolute atomic E-state index is 0.138. The summed E-state index contributed by atoms with van der Waals surface area (Å²) in [6, 6.07) is 0. The van der Waals surface area contributed by atoms with E-state index < -0.39 is 13.8 Å². The summed E-state index contributed by atoms with van der Waals surface area (Å²) < 4.78 is 7.55. The van der Waals surface area contributed by atoms with Crippen molar-refractivity contribution in [2.24, 2.45) is 0 Å². The van der Waals surface area contributed by atoms with E-state index in [1.54, 1.807) is 0 Å². The number of ether oxygens (including phenoxy) is 1. The summed E-state index contributed by atoms with van der Waals surface area (Å²) in [4.78, 5) is 12.4. The fourth-order valence-corrected chi connectivity index (χ4v) is 3.64. The highest BCUT2D eigenvalue weighted by Gasteiger charge is 2.44. The second-order valence-electron chi connectivity index (χ2n) is 7.44. The topological polar surface area (TPSA) is 29.5 Å². The number of hydrogen-bond acceptors (Lipinski definition) is 2. The van der Waals surface area contributed by atoms with Crippen LogP contribution in [-0.2, 0) is 4.74 Å². The number of rotatable bonds is 3. The first-order valence-corrected chi connectivity index (χ1v) is 9.78. The number of nitrogens with zero attached hydrogens (tertiary/aromatic N) is 1. The minimum atomic E-state index is -1.86. The molecule has 0 unspecified atom stereocenters. The molecule has 0 radical (unpaired) electrons. The van der Waals surface area contributed by atoms with Gasteiger partial charge in [-0.25, -0.2) is 4.79 Å². The molecule has 1 amide bonds. The standard InChI is InChI=1S/C14H31NO2Si/c1-10-11-15(12(16)17-13(2,3)4)18(8,9)14(5,6)7/h10-11H2,1-9H3. The summed E-state index contributed by atoms with van der Waals surface area (Å²) in [5.74, 6) is 0. The zero-order valence-electron chi connectivity index (χ0n) is 13.7. The van der Waals surface area contributed by atoms with Gasteiger partial charge in [-0.05, 0) is 32.2 Å². The highest BCUT2D eigenvalue weighted by atomic mass is 28.3. The van der Waals surface area contributed by atoms with Crippen LogP contribution in [0.3, 0.4) is 0 Å². The molecule has 0 aliphatic rings. The van der Waals surface area contributed by atoms with Gasteiger partial charge in [-0.3, -0.25) is 0 Å². The average molecular weight is 273 g/mol. The molecule has 18 heavy (non-hydrogen) atoms. The Bertz CT molecular complexity index is 287. The van der Waals surface area contributed by atoms with Crippen LogP contribution in [0.15, 0.2) is 0 Å². The zero-order valence-corrected chi connectivity index (χ0v) is 14.7. The van der Waals surface area contributed by atoms with Crippen LogP contribution in [0.5, 0.6) is 0 Å². The molecule has 0 N–H and O–H groups in total. The van der Waals surface area contributed by atoms with Crippen LogP contribution in [0, 0.1) is 0 Å². The fraction of sp³-hybridized carbons (Fsp3) is 0.929. The Balaban J connectivity index is 5.14. The smallest absolute Gasteiger partial charge is 0.402 e. The van der Waals surface area contributed by atoms with E-state index in [1.165, 1.54) is 0 Å². The lowest BCUT2D eigenvalue weighted by Gasteiger charge is -2.45. The maximum atomic E-state index is 12.4. The molecule has 0 saturated carbocycles. The van der Waals surface area contributed by atoms with Crippen molar-refractivity contribution in [3.05, 3.63) is 0 Å². The highest BCUT2D eigenvalue weighted by molar-refractivity contribution is 6.79. The van der Waals surface area contributed by atoms with Crippen LogP contribution in [0.2, 0.25) is 18.1 Å². The summed E-state index contributed by atoms with van der Waals surface area (Å²) in [7, 11) is -1.86. The van der Waals surface area contributed by atoms with E-state index in [9.17, 15) is 4.79 Å². The van der Waals surface area contributed by atoms with Crippen molar-refractivity contribution < 1.29 is 9.53 Å². The van der Waals surface area contributed by atoms with Crippen LogP contribution >= 0.6 is 0 Å². The van der Waals surface area contributed by atoms with Crippen LogP contribution in [0.4, 0.5) is 4.79 Å². The molecule has 0 aromatic heterocycles. The molecule has 108 valence electrons. The van der Waals surface area contributed by atoms with Crippen LogP contribution in [0.1, 0.15) is 54.9 Å². The van der Waals surface area contributed by atoms with Crippen LogP contribution in [-0.4, -0.2) is 31.0 Å². The Hall–Kier alpha value is -0.513. The van der Waals surface area contributed by atoms with Crippen molar-refractivity contribution in [3.8, 4) is 0 Å². The third-order valence-corrected chi connectivity index (χ3v) is 9.00. The number of carbonyl (C=O) groups is 1. The third kappa shape index (κ3) is 4.63. The van der Waals surface area contributed by atoms with Gasteiger partial charge < -0.3 is 9.30 Å². The van der Waals surface area contributed by atoms with E-state index in [4.69, 9.17) is 4.74 Å². The maximum Gasteiger partial charge on any atom is 0.402 e. The lowest BCUT2D eigenvalue weighted by molar-refractivity contribution is 0.0367. The molecule has 0 aromatic carbocycles. The van der Waals surface area contributed by atoms with Crippen molar-refractivity contribution in [2.75, 3.05) is 6.54 Å². The quantitative estimate of drug-likeness (QED) is 0.701. The molecular formula is C14H31NO2Si. The third-order valence-electron chi connectivity index (χ3n) is 3.57. The molecule has 4 heteroatoms. The lowest BCUT2D eigenvalue weighted by Crippen LogP contribution is -2.58. The van der Waals surface area contributed by atoms with E-state index in [2.05, 4.69) is 40.8 Å². The molecule has 3 nitrogen and oxygen atoms in total. The van der Waals surface area contributed by atoms with Gasteiger partial charge >= 0.3 is 6.09 Å². The largest absolute Gasteiger partial charge is 0.444 e. The Morgan fingerprint density at radius 2 is 1.56 bits per heavy atom. The predicted molar refractivity (Wildman–Crippen MR) is 80.4 cm³/mol. The predicted octanol–water partition coefficient (Wildman–Crippen LogP) is 4.64. The zero-order chi connectivity index (χ0) is 14.8. The Kier molecular flexibility index (Phi) is 5.48. The van der Waals surface area contributed by atoms with Crippen molar-refractivity contribution in [3.63, 3.8) is 0 Å². The van der Waals surface area contributed by atoms with Crippen molar-refractivity contribution in [1.82, 2.24) is 4.57 Å². The van der Waals surface area contributed by atoms with Crippen molar-refractivity contribution in [2.45, 2.75) is 78.6 Å². The summed E-state index contributed by atoms with van der Waals surface area (Å²) in [5.41, 5.74) is -0.425. The Morgan fingerprint density at radius 1 is 1.11 bits per heavy atom. The van der Waals surface area contributed by atoms with Gasteiger partial charge in [0.05, 0.1) is 0 Å². The number of hydrogen-bond donors (Lipinski definition) is 0. The van der Waals surface area contributed by atoms with Crippen molar-refractivity contribution in [1.29, 1.82) is 0 Å². The minimum Gasteiger partial charge on any atom is -0.444 e. The first kappa shape index (κ1) is 17.5. The highest BCUT2D eigenvalue weighted by Crippen LogP contribution is 2.38. The summed E-state index contributed by atoms with van der Waals surface area (Å²) >= 11 is 0. The number of amides is 1. The lowest BCUT2D eigenvalue weighted by atomic mass is 10.2. The monoisotopic (exact) mass is 273 g/mol. The molecule has 0 spiro atoms. The number of carbonyl (C=O) groups excluding carboxylic acids is 1.